The lowest BCUT2D eigenvalue weighted by Gasteiger charge is -2.35. The molecule has 1 aromatic rings. The van der Waals surface area contributed by atoms with Crippen LogP contribution in [0.4, 0.5) is 0 Å². The van der Waals surface area contributed by atoms with Gasteiger partial charge in [-0.05, 0) is 37.8 Å². The van der Waals surface area contributed by atoms with Crippen molar-refractivity contribution in [2.24, 2.45) is 0 Å². The summed E-state index contributed by atoms with van der Waals surface area (Å²) in [5, 5.41) is 8.95. The molecule has 1 aliphatic rings. The van der Waals surface area contributed by atoms with E-state index in [0.29, 0.717) is 12.6 Å². The minimum Gasteiger partial charge on any atom is -0.396 e. The van der Waals surface area contributed by atoms with E-state index in [2.05, 4.69) is 35.2 Å². The maximum atomic E-state index is 8.95. The van der Waals surface area contributed by atoms with Gasteiger partial charge in [-0.3, -0.25) is 4.90 Å². The summed E-state index contributed by atoms with van der Waals surface area (Å²) in [5.74, 6) is 0. The molecule has 0 radical (unpaired) electrons. The molecule has 2 nitrogen and oxygen atoms in total. The Balaban J connectivity index is 1.92. The summed E-state index contributed by atoms with van der Waals surface area (Å²) in [4.78, 5) is 2.59. The number of piperidine rings is 1. The van der Waals surface area contributed by atoms with Crippen molar-refractivity contribution in [1.82, 2.24) is 4.90 Å². The van der Waals surface area contributed by atoms with Gasteiger partial charge in [-0.1, -0.05) is 36.8 Å². The Bertz CT molecular complexity index is 312. The lowest BCUT2D eigenvalue weighted by molar-refractivity contribution is 0.124. The third-order valence-electron chi connectivity index (χ3n) is 3.67. The minimum atomic E-state index is 0.329. The highest BCUT2D eigenvalue weighted by molar-refractivity contribution is 5.14. The number of hydrogen-bond donors (Lipinski definition) is 1. The Morgan fingerprint density at radius 1 is 1.18 bits per heavy atom. The van der Waals surface area contributed by atoms with Crippen LogP contribution in [0.3, 0.4) is 0 Å². The summed E-state index contributed by atoms with van der Waals surface area (Å²) < 4.78 is 0. The Kier molecular flexibility index (Phi) is 5.02. The van der Waals surface area contributed by atoms with E-state index < -0.39 is 0 Å². The van der Waals surface area contributed by atoms with Crippen LogP contribution in [0.5, 0.6) is 0 Å². The Hall–Kier alpha value is -0.860. The average molecular weight is 233 g/mol. The standard InChI is InChI=1S/C15H23NO/c17-12-6-10-15-9-4-5-11-16(15)13-14-7-2-1-3-8-14/h1-3,7-8,15,17H,4-6,9-13H2/t15-/m0/s1. The first-order valence-corrected chi connectivity index (χ1v) is 6.79. The van der Waals surface area contributed by atoms with Gasteiger partial charge in [0, 0.05) is 19.2 Å². The number of aliphatic hydroxyl groups excluding tert-OH is 1. The molecule has 0 unspecified atom stereocenters. The van der Waals surface area contributed by atoms with Crippen LogP contribution in [0.2, 0.25) is 0 Å². The van der Waals surface area contributed by atoms with Crippen LogP contribution in [0.15, 0.2) is 30.3 Å². The second kappa shape index (κ2) is 6.77. The van der Waals surface area contributed by atoms with Crippen molar-refractivity contribution in [3.8, 4) is 0 Å². The van der Waals surface area contributed by atoms with Crippen molar-refractivity contribution in [2.45, 2.75) is 44.7 Å². The molecule has 1 N–H and O–H groups in total. The summed E-state index contributed by atoms with van der Waals surface area (Å²) in [7, 11) is 0. The first-order chi connectivity index (χ1) is 8.40. The van der Waals surface area contributed by atoms with Crippen molar-refractivity contribution in [1.29, 1.82) is 0 Å². The molecule has 1 aliphatic heterocycles. The molecule has 1 atom stereocenters. The quantitative estimate of drug-likeness (QED) is 0.845. The fourth-order valence-corrected chi connectivity index (χ4v) is 2.74. The summed E-state index contributed by atoms with van der Waals surface area (Å²) in [5.41, 5.74) is 1.41. The van der Waals surface area contributed by atoms with E-state index in [-0.39, 0.29) is 0 Å². The molecule has 1 saturated heterocycles. The number of benzene rings is 1. The molecule has 2 rings (SSSR count). The van der Waals surface area contributed by atoms with Crippen molar-refractivity contribution in [3.63, 3.8) is 0 Å². The molecular weight excluding hydrogens is 210 g/mol. The predicted octanol–water partition coefficient (Wildman–Crippen LogP) is 2.81. The average Bonchev–Trinajstić information content (AvgIpc) is 2.39. The zero-order chi connectivity index (χ0) is 11.9. The van der Waals surface area contributed by atoms with E-state index >= 15 is 0 Å². The fraction of sp³-hybridized carbons (Fsp3) is 0.600. The molecule has 1 fully saturated rings. The Morgan fingerprint density at radius 2 is 2.00 bits per heavy atom. The van der Waals surface area contributed by atoms with Crippen molar-refractivity contribution in [2.75, 3.05) is 13.2 Å². The molecule has 0 saturated carbocycles. The van der Waals surface area contributed by atoms with Crippen LogP contribution in [0.1, 0.15) is 37.7 Å². The monoisotopic (exact) mass is 233 g/mol. The van der Waals surface area contributed by atoms with E-state index in [4.69, 9.17) is 5.11 Å². The maximum Gasteiger partial charge on any atom is 0.0431 e. The van der Waals surface area contributed by atoms with Crippen molar-refractivity contribution >= 4 is 0 Å². The summed E-state index contributed by atoms with van der Waals surface area (Å²) in [6.45, 7) is 2.61. The van der Waals surface area contributed by atoms with E-state index in [0.717, 1.165) is 19.4 Å². The molecule has 94 valence electrons. The van der Waals surface area contributed by atoms with Gasteiger partial charge in [0.1, 0.15) is 0 Å². The van der Waals surface area contributed by atoms with Crippen LogP contribution in [-0.2, 0) is 6.54 Å². The molecule has 0 amide bonds. The number of rotatable bonds is 5. The smallest absolute Gasteiger partial charge is 0.0431 e. The van der Waals surface area contributed by atoms with E-state index in [9.17, 15) is 0 Å². The first-order valence-electron chi connectivity index (χ1n) is 6.79. The highest BCUT2D eigenvalue weighted by atomic mass is 16.2. The lowest BCUT2D eigenvalue weighted by Crippen LogP contribution is -2.39. The Morgan fingerprint density at radius 3 is 2.76 bits per heavy atom. The number of hydrogen-bond acceptors (Lipinski definition) is 2. The summed E-state index contributed by atoms with van der Waals surface area (Å²) in [6, 6.07) is 11.4. The number of likely N-dealkylation sites (tertiary alicyclic amines) is 1. The van der Waals surface area contributed by atoms with E-state index in [1.54, 1.807) is 0 Å². The van der Waals surface area contributed by atoms with E-state index in [1.165, 1.54) is 31.4 Å². The van der Waals surface area contributed by atoms with Crippen molar-refractivity contribution in [3.05, 3.63) is 35.9 Å². The van der Waals surface area contributed by atoms with Gasteiger partial charge in [-0.25, -0.2) is 0 Å². The van der Waals surface area contributed by atoms with Gasteiger partial charge in [0.25, 0.3) is 0 Å². The predicted molar refractivity (Wildman–Crippen MR) is 70.8 cm³/mol. The number of aliphatic hydroxyl groups is 1. The molecule has 0 aliphatic carbocycles. The van der Waals surface area contributed by atoms with Gasteiger partial charge in [-0.2, -0.15) is 0 Å². The molecule has 0 aromatic heterocycles. The van der Waals surface area contributed by atoms with Crippen LogP contribution in [0, 0.1) is 0 Å². The molecular formula is C15H23NO. The third kappa shape index (κ3) is 3.83. The second-order valence-corrected chi connectivity index (χ2v) is 4.97. The van der Waals surface area contributed by atoms with Crippen molar-refractivity contribution < 1.29 is 5.11 Å². The highest BCUT2D eigenvalue weighted by Crippen LogP contribution is 2.22. The van der Waals surface area contributed by atoms with Gasteiger partial charge in [0.15, 0.2) is 0 Å². The largest absolute Gasteiger partial charge is 0.396 e. The van der Waals surface area contributed by atoms with Crippen LogP contribution in [0.25, 0.3) is 0 Å². The van der Waals surface area contributed by atoms with Gasteiger partial charge in [0.05, 0.1) is 0 Å². The third-order valence-corrected chi connectivity index (χ3v) is 3.67. The normalized spacial score (nSPS) is 21.6. The summed E-state index contributed by atoms with van der Waals surface area (Å²) in [6.07, 6.45) is 6.05. The Labute approximate surface area is 104 Å². The molecule has 0 spiro atoms. The van der Waals surface area contributed by atoms with Gasteiger partial charge < -0.3 is 5.11 Å². The van der Waals surface area contributed by atoms with Crippen LogP contribution in [-0.4, -0.2) is 29.2 Å². The van der Waals surface area contributed by atoms with Gasteiger partial charge >= 0.3 is 0 Å². The lowest BCUT2D eigenvalue weighted by atomic mass is 9.97. The second-order valence-electron chi connectivity index (χ2n) is 4.97. The summed E-state index contributed by atoms with van der Waals surface area (Å²) >= 11 is 0. The topological polar surface area (TPSA) is 23.5 Å². The zero-order valence-electron chi connectivity index (χ0n) is 10.5. The molecule has 1 aromatic carbocycles. The van der Waals surface area contributed by atoms with E-state index in [1.807, 2.05) is 0 Å². The van der Waals surface area contributed by atoms with Crippen LogP contribution < -0.4 is 0 Å². The fourth-order valence-electron chi connectivity index (χ4n) is 2.74. The van der Waals surface area contributed by atoms with Crippen LogP contribution >= 0.6 is 0 Å². The first kappa shape index (κ1) is 12.6. The van der Waals surface area contributed by atoms with Gasteiger partial charge in [-0.15, -0.1) is 0 Å². The molecule has 17 heavy (non-hydrogen) atoms. The highest BCUT2D eigenvalue weighted by Gasteiger charge is 2.21. The SMILES string of the molecule is OCCC[C@@H]1CCCCN1Cc1ccccc1. The molecule has 0 bridgehead atoms. The molecule has 2 heteroatoms. The minimum absolute atomic E-state index is 0.329. The van der Waals surface area contributed by atoms with Gasteiger partial charge in [0.2, 0.25) is 0 Å². The number of nitrogens with zero attached hydrogens (tertiary/aromatic N) is 1. The molecule has 1 heterocycles. The maximum absolute atomic E-state index is 8.95. The zero-order valence-corrected chi connectivity index (χ0v) is 10.5.